The predicted molar refractivity (Wildman–Crippen MR) is 174 cm³/mol. The summed E-state index contributed by atoms with van der Waals surface area (Å²) in [5.74, 6) is 0. The zero-order chi connectivity index (χ0) is 31.3. The van der Waals surface area contributed by atoms with E-state index < -0.39 is 8.80 Å². The highest BCUT2D eigenvalue weighted by molar-refractivity contribution is 6.60. The van der Waals surface area contributed by atoms with E-state index in [2.05, 4.69) is 35.4 Å². The molecule has 0 radical (unpaired) electrons. The molecule has 240 valence electrons. The Morgan fingerprint density at radius 2 is 1.11 bits per heavy atom. The third-order valence-electron chi connectivity index (χ3n) is 6.82. The Morgan fingerprint density at radius 3 is 1.57 bits per heavy atom. The molecule has 11 nitrogen and oxygen atoms in total. The molecule has 3 aromatic rings. The van der Waals surface area contributed by atoms with Crippen molar-refractivity contribution in [2.24, 2.45) is 0 Å². The summed E-state index contributed by atoms with van der Waals surface area (Å²) in [7, 11) is -2.71. The van der Waals surface area contributed by atoms with Crippen LogP contribution in [0.5, 0.6) is 0 Å². The lowest BCUT2D eigenvalue weighted by atomic mass is 10.2. The summed E-state index contributed by atoms with van der Waals surface area (Å²) in [6.45, 7) is 12.9. The minimum atomic E-state index is -2.71. The molecule has 0 aliphatic rings. The molecule has 3 aromatic heterocycles. The molecule has 44 heavy (non-hydrogen) atoms. The van der Waals surface area contributed by atoms with E-state index in [0.29, 0.717) is 58.5 Å². The first-order valence-corrected chi connectivity index (χ1v) is 17.6. The first-order valence-electron chi connectivity index (χ1n) is 15.6. The van der Waals surface area contributed by atoms with Crippen LogP contribution < -0.4 is 10.6 Å². The van der Waals surface area contributed by atoms with Gasteiger partial charge in [0.25, 0.3) is 0 Å². The Morgan fingerprint density at radius 1 is 0.659 bits per heavy atom. The molecule has 0 aliphatic carbocycles. The predicted octanol–water partition coefficient (Wildman–Crippen LogP) is 4.11. The molecule has 0 bridgehead atoms. The quantitative estimate of drug-likeness (QED) is 0.126. The normalized spacial score (nSPS) is 11.7. The topological polar surface area (TPSA) is 114 Å². The summed E-state index contributed by atoms with van der Waals surface area (Å²) in [5, 5.41) is 5.97. The van der Waals surface area contributed by atoms with Crippen molar-refractivity contribution < 1.29 is 18.1 Å². The van der Waals surface area contributed by atoms with Crippen LogP contribution in [0, 0.1) is 0 Å². The molecule has 2 N–H and O–H groups in total. The highest BCUT2D eigenvalue weighted by Gasteiger charge is 2.39. The van der Waals surface area contributed by atoms with E-state index in [-0.39, 0.29) is 6.03 Å². The lowest BCUT2D eigenvalue weighted by Gasteiger charge is -2.28. The van der Waals surface area contributed by atoms with E-state index in [1.54, 1.807) is 0 Å². The minimum absolute atomic E-state index is 0.189. The second-order valence-corrected chi connectivity index (χ2v) is 13.0. The van der Waals surface area contributed by atoms with E-state index in [0.717, 1.165) is 43.3 Å². The first-order chi connectivity index (χ1) is 21.6. The Hall–Kier alpha value is -3.26. The molecule has 3 heterocycles. The molecule has 0 aliphatic heterocycles. The van der Waals surface area contributed by atoms with Gasteiger partial charge in [0, 0.05) is 96.8 Å². The number of urea groups is 1. The van der Waals surface area contributed by atoms with Crippen molar-refractivity contribution in [3.63, 3.8) is 0 Å². The number of carbonyl (C=O) groups is 1. The smallest absolute Gasteiger partial charge is 0.374 e. The summed E-state index contributed by atoms with van der Waals surface area (Å²) in [4.78, 5) is 30.9. The second-order valence-electron chi connectivity index (χ2n) is 10.2. The molecular formula is C32H49N7O4Si. The molecule has 0 unspecified atom stereocenters. The lowest BCUT2D eigenvalue weighted by Crippen LogP contribution is -2.47. The monoisotopic (exact) mass is 623 g/mol. The van der Waals surface area contributed by atoms with Gasteiger partial charge in [-0.05, 0) is 63.6 Å². The highest BCUT2D eigenvalue weighted by atomic mass is 28.4. The molecule has 0 saturated carbocycles. The number of aromatic nitrogens is 3. The zero-order valence-electron chi connectivity index (χ0n) is 26.5. The van der Waals surface area contributed by atoms with Gasteiger partial charge in [-0.2, -0.15) is 0 Å². The van der Waals surface area contributed by atoms with Crippen molar-refractivity contribution >= 4 is 14.8 Å². The first kappa shape index (κ1) is 35.2. The van der Waals surface area contributed by atoms with Gasteiger partial charge in [0.15, 0.2) is 0 Å². The molecule has 0 atom stereocenters. The molecule has 3 rings (SSSR count). The van der Waals surface area contributed by atoms with Crippen LogP contribution in [0.1, 0.15) is 44.3 Å². The van der Waals surface area contributed by atoms with Crippen molar-refractivity contribution in [3.05, 3.63) is 90.3 Å². The summed E-state index contributed by atoms with van der Waals surface area (Å²) >= 11 is 0. The van der Waals surface area contributed by atoms with Crippen LogP contribution in [0.3, 0.4) is 0 Å². The van der Waals surface area contributed by atoms with Crippen LogP contribution >= 0.6 is 0 Å². The highest BCUT2D eigenvalue weighted by Crippen LogP contribution is 2.17. The molecular weight excluding hydrogens is 574 g/mol. The van der Waals surface area contributed by atoms with Gasteiger partial charge in [0.2, 0.25) is 0 Å². The van der Waals surface area contributed by atoms with Crippen molar-refractivity contribution in [1.29, 1.82) is 0 Å². The third-order valence-corrected chi connectivity index (χ3v) is 9.97. The number of amides is 2. The minimum Gasteiger partial charge on any atom is -0.374 e. The summed E-state index contributed by atoms with van der Waals surface area (Å²) in [6, 6.07) is 18.4. The van der Waals surface area contributed by atoms with Crippen molar-refractivity contribution in [1.82, 2.24) is 35.4 Å². The average molecular weight is 624 g/mol. The maximum atomic E-state index is 12.6. The van der Waals surface area contributed by atoms with Crippen LogP contribution in [-0.2, 0) is 32.9 Å². The van der Waals surface area contributed by atoms with E-state index in [1.807, 2.05) is 94.0 Å². The number of carbonyl (C=O) groups excluding carboxylic acids is 1. The van der Waals surface area contributed by atoms with Gasteiger partial charge >= 0.3 is 14.8 Å². The van der Waals surface area contributed by atoms with Gasteiger partial charge in [-0.1, -0.05) is 18.2 Å². The van der Waals surface area contributed by atoms with Gasteiger partial charge in [0.05, 0.1) is 17.1 Å². The van der Waals surface area contributed by atoms with Crippen molar-refractivity contribution in [3.8, 4) is 0 Å². The average Bonchev–Trinajstić information content (AvgIpc) is 3.04. The van der Waals surface area contributed by atoms with Gasteiger partial charge < -0.3 is 23.9 Å². The van der Waals surface area contributed by atoms with Gasteiger partial charge in [0.1, 0.15) is 0 Å². The van der Waals surface area contributed by atoms with Crippen molar-refractivity contribution in [2.45, 2.75) is 52.9 Å². The summed E-state index contributed by atoms with van der Waals surface area (Å²) in [5.41, 5.74) is 3.02. The third kappa shape index (κ3) is 13.6. The van der Waals surface area contributed by atoms with Crippen LogP contribution in [-0.4, -0.2) is 92.1 Å². The number of hydrogen-bond acceptors (Lipinski definition) is 9. The van der Waals surface area contributed by atoms with Crippen LogP contribution in [0.25, 0.3) is 0 Å². The molecule has 0 saturated heterocycles. The molecule has 12 heteroatoms. The van der Waals surface area contributed by atoms with E-state index in [9.17, 15) is 4.79 Å². The van der Waals surface area contributed by atoms with Crippen molar-refractivity contribution in [2.75, 3.05) is 52.5 Å². The Kier molecular flexibility index (Phi) is 16.5. The second kappa shape index (κ2) is 20.6. The Balaban J connectivity index is 1.52. The molecule has 0 spiro atoms. The van der Waals surface area contributed by atoms with Crippen LogP contribution in [0.4, 0.5) is 4.79 Å². The van der Waals surface area contributed by atoms with Gasteiger partial charge in [-0.15, -0.1) is 0 Å². The van der Waals surface area contributed by atoms with E-state index in [1.165, 1.54) is 0 Å². The van der Waals surface area contributed by atoms with E-state index >= 15 is 0 Å². The zero-order valence-corrected chi connectivity index (χ0v) is 27.5. The largest absolute Gasteiger partial charge is 0.500 e. The van der Waals surface area contributed by atoms with Gasteiger partial charge in [-0.3, -0.25) is 24.8 Å². The number of hydrogen-bond donors (Lipinski definition) is 2. The number of nitrogens with zero attached hydrogens (tertiary/aromatic N) is 5. The van der Waals surface area contributed by atoms with Crippen LogP contribution in [0.2, 0.25) is 6.04 Å². The molecule has 0 fully saturated rings. The Bertz CT molecular complexity index is 1110. The molecule has 0 aromatic carbocycles. The fourth-order valence-electron chi connectivity index (χ4n) is 4.83. The van der Waals surface area contributed by atoms with E-state index in [4.69, 9.17) is 13.3 Å². The Labute approximate surface area is 263 Å². The fraction of sp³-hybridized carbons (Fsp3) is 0.500. The number of pyridine rings is 3. The number of nitrogens with one attached hydrogen (secondary N) is 2. The summed E-state index contributed by atoms with van der Waals surface area (Å²) < 4.78 is 17.7. The molecule has 2 amide bonds. The van der Waals surface area contributed by atoms with Crippen LogP contribution in [0.15, 0.2) is 73.2 Å². The number of rotatable bonds is 22. The standard InChI is InChI=1S/C32H49N7O4Si/c1-4-41-44(42-5-2,43-6-3)25-13-20-36-32(40)37-21-22-38(26-29-14-7-10-17-33-29)23-24-39(27-30-15-8-11-18-34-30)28-31-16-9-12-19-35-31/h7-12,14-19H,4-6,13,20-28H2,1-3H3,(H2,36,37,40). The SMILES string of the molecule is CCO[Si](CCCNC(=O)NCCN(CCN(Cc1ccccn1)Cc1ccccn1)Cc1ccccn1)(OCC)OCC. The summed E-state index contributed by atoms with van der Waals surface area (Å²) in [6.07, 6.45) is 6.18. The van der Waals surface area contributed by atoms with Gasteiger partial charge in [-0.25, -0.2) is 4.79 Å². The fourth-order valence-corrected chi connectivity index (χ4v) is 7.44. The maximum Gasteiger partial charge on any atom is 0.500 e. The maximum absolute atomic E-state index is 12.6. The lowest BCUT2D eigenvalue weighted by molar-refractivity contribution is 0.0708.